The van der Waals surface area contributed by atoms with Crippen molar-refractivity contribution in [2.24, 2.45) is 0 Å². The molecule has 0 saturated carbocycles. The highest BCUT2D eigenvalue weighted by Crippen LogP contribution is 2.07. The SMILES string of the molecule is CC(C)=CCCC(C)=CC(O)C(=O)O. The van der Waals surface area contributed by atoms with E-state index in [0.717, 1.165) is 18.4 Å². The molecule has 0 aliphatic carbocycles. The maximum absolute atomic E-state index is 10.3. The lowest BCUT2D eigenvalue weighted by Crippen LogP contribution is -2.16. The van der Waals surface area contributed by atoms with Gasteiger partial charge in [-0.3, -0.25) is 0 Å². The smallest absolute Gasteiger partial charge is 0.336 e. The zero-order valence-electron chi connectivity index (χ0n) is 8.95. The maximum Gasteiger partial charge on any atom is 0.336 e. The molecular weight excluding hydrogens is 180 g/mol. The minimum absolute atomic E-state index is 0.787. The summed E-state index contributed by atoms with van der Waals surface area (Å²) >= 11 is 0. The quantitative estimate of drug-likeness (QED) is 0.665. The van der Waals surface area contributed by atoms with Crippen LogP contribution in [0.5, 0.6) is 0 Å². The summed E-state index contributed by atoms with van der Waals surface area (Å²) in [6.07, 6.45) is 3.76. The normalized spacial score (nSPS) is 13.6. The number of carboxylic acid groups (broad SMARTS) is 1. The highest BCUT2D eigenvalue weighted by atomic mass is 16.4. The van der Waals surface area contributed by atoms with E-state index in [1.165, 1.54) is 11.6 Å². The van der Waals surface area contributed by atoms with Gasteiger partial charge in [-0.25, -0.2) is 4.79 Å². The molecule has 0 bridgehead atoms. The zero-order chi connectivity index (χ0) is 11.1. The zero-order valence-corrected chi connectivity index (χ0v) is 8.95. The van der Waals surface area contributed by atoms with E-state index in [0.29, 0.717) is 0 Å². The molecule has 0 radical (unpaired) electrons. The molecule has 0 aromatic heterocycles. The molecule has 0 amide bonds. The summed E-state index contributed by atoms with van der Waals surface area (Å²) in [5, 5.41) is 17.5. The third-order valence-electron chi connectivity index (χ3n) is 1.79. The highest BCUT2D eigenvalue weighted by molar-refractivity contribution is 5.74. The summed E-state index contributed by atoms with van der Waals surface area (Å²) in [4.78, 5) is 10.3. The predicted octanol–water partition coefficient (Wildman–Crippen LogP) is 2.12. The minimum atomic E-state index is -1.37. The fourth-order valence-corrected chi connectivity index (χ4v) is 1.01. The molecule has 14 heavy (non-hydrogen) atoms. The molecule has 0 fully saturated rings. The summed E-state index contributed by atoms with van der Waals surface area (Å²) in [5.74, 6) is -1.20. The molecule has 3 nitrogen and oxygen atoms in total. The van der Waals surface area contributed by atoms with Crippen molar-refractivity contribution >= 4 is 5.97 Å². The van der Waals surface area contributed by atoms with Crippen molar-refractivity contribution in [2.45, 2.75) is 39.7 Å². The van der Waals surface area contributed by atoms with Crippen LogP contribution in [0, 0.1) is 0 Å². The Labute approximate surface area is 84.8 Å². The van der Waals surface area contributed by atoms with Crippen LogP contribution in [-0.4, -0.2) is 22.3 Å². The van der Waals surface area contributed by atoms with Gasteiger partial charge in [0.2, 0.25) is 0 Å². The lowest BCUT2D eigenvalue weighted by Gasteiger charge is -2.02. The van der Waals surface area contributed by atoms with Crippen molar-refractivity contribution < 1.29 is 15.0 Å². The van der Waals surface area contributed by atoms with Gasteiger partial charge in [0.1, 0.15) is 0 Å². The van der Waals surface area contributed by atoms with Crippen molar-refractivity contribution in [3.05, 3.63) is 23.3 Å². The van der Waals surface area contributed by atoms with Crippen molar-refractivity contribution in [1.82, 2.24) is 0 Å². The Morgan fingerprint density at radius 2 is 1.93 bits per heavy atom. The predicted molar refractivity (Wildman–Crippen MR) is 56.1 cm³/mol. The van der Waals surface area contributed by atoms with E-state index in [1.807, 2.05) is 20.8 Å². The van der Waals surface area contributed by atoms with Crippen LogP contribution in [0.25, 0.3) is 0 Å². The van der Waals surface area contributed by atoms with Crippen LogP contribution in [0.15, 0.2) is 23.3 Å². The first-order valence-corrected chi connectivity index (χ1v) is 4.65. The lowest BCUT2D eigenvalue weighted by atomic mass is 10.1. The number of allylic oxidation sites excluding steroid dienone is 3. The van der Waals surface area contributed by atoms with Gasteiger partial charge in [-0.05, 0) is 39.7 Å². The summed E-state index contributed by atoms with van der Waals surface area (Å²) in [6, 6.07) is 0. The van der Waals surface area contributed by atoms with Gasteiger partial charge in [-0.15, -0.1) is 0 Å². The van der Waals surface area contributed by atoms with Crippen LogP contribution in [0.4, 0.5) is 0 Å². The second-order valence-electron chi connectivity index (χ2n) is 3.62. The first-order valence-electron chi connectivity index (χ1n) is 4.65. The number of carboxylic acids is 1. The van der Waals surface area contributed by atoms with Gasteiger partial charge in [-0.2, -0.15) is 0 Å². The average molecular weight is 198 g/mol. The van der Waals surface area contributed by atoms with Gasteiger partial charge in [0.15, 0.2) is 6.10 Å². The van der Waals surface area contributed by atoms with Gasteiger partial charge in [0, 0.05) is 0 Å². The number of aliphatic hydroxyl groups is 1. The summed E-state index contributed by atoms with van der Waals surface area (Å²) in [6.45, 7) is 5.86. The molecule has 3 heteroatoms. The topological polar surface area (TPSA) is 57.5 Å². The number of carbonyl (C=O) groups is 1. The number of aliphatic hydroxyl groups excluding tert-OH is 1. The van der Waals surface area contributed by atoms with Crippen LogP contribution in [-0.2, 0) is 4.79 Å². The van der Waals surface area contributed by atoms with Crippen molar-refractivity contribution in [2.75, 3.05) is 0 Å². The monoisotopic (exact) mass is 198 g/mol. The van der Waals surface area contributed by atoms with E-state index in [9.17, 15) is 4.79 Å². The van der Waals surface area contributed by atoms with Crippen LogP contribution in [0.2, 0.25) is 0 Å². The summed E-state index contributed by atoms with van der Waals surface area (Å²) in [7, 11) is 0. The lowest BCUT2D eigenvalue weighted by molar-refractivity contribution is -0.144. The van der Waals surface area contributed by atoms with E-state index in [-0.39, 0.29) is 0 Å². The fraction of sp³-hybridized carbons (Fsp3) is 0.545. The van der Waals surface area contributed by atoms with Crippen LogP contribution >= 0.6 is 0 Å². The van der Waals surface area contributed by atoms with Gasteiger partial charge in [-0.1, -0.05) is 17.2 Å². The van der Waals surface area contributed by atoms with Gasteiger partial charge < -0.3 is 10.2 Å². The Hall–Kier alpha value is -1.09. The molecule has 80 valence electrons. The van der Waals surface area contributed by atoms with E-state index in [4.69, 9.17) is 10.2 Å². The van der Waals surface area contributed by atoms with E-state index in [2.05, 4.69) is 6.08 Å². The molecule has 0 heterocycles. The minimum Gasteiger partial charge on any atom is -0.479 e. The molecular formula is C11H18O3. The van der Waals surface area contributed by atoms with Crippen LogP contribution in [0.3, 0.4) is 0 Å². The summed E-state index contributed by atoms with van der Waals surface area (Å²) in [5.41, 5.74) is 2.15. The highest BCUT2D eigenvalue weighted by Gasteiger charge is 2.08. The largest absolute Gasteiger partial charge is 0.479 e. The van der Waals surface area contributed by atoms with Crippen molar-refractivity contribution in [1.29, 1.82) is 0 Å². The molecule has 0 aliphatic rings. The standard InChI is InChI=1S/C11H18O3/c1-8(2)5-4-6-9(3)7-10(12)11(13)14/h5,7,10,12H,4,6H2,1-3H3,(H,13,14). The maximum atomic E-state index is 10.3. The third-order valence-corrected chi connectivity index (χ3v) is 1.79. The van der Waals surface area contributed by atoms with E-state index < -0.39 is 12.1 Å². The Balaban J connectivity index is 4.01. The Morgan fingerprint density at radius 3 is 2.36 bits per heavy atom. The van der Waals surface area contributed by atoms with Gasteiger partial charge in [0.25, 0.3) is 0 Å². The van der Waals surface area contributed by atoms with E-state index >= 15 is 0 Å². The fourth-order valence-electron chi connectivity index (χ4n) is 1.01. The Morgan fingerprint density at radius 1 is 1.36 bits per heavy atom. The number of aliphatic carboxylic acids is 1. The molecule has 0 saturated heterocycles. The molecule has 0 aliphatic heterocycles. The number of hydrogen-bond acceptors (Lipinski definition) is 2. The second-order valence-corrected chi connectivity index (χ2v) is 3.62. The first kappa shape index (κ1) is 12.9. The summed E-state index contributed by atoms with van der Waals surface area (Å²) < 4.78 is 0. The molecule has 0 spiro atoms. The molecule has 1 atom stereocenters. The molecule has 2 N–H and O–H groups in total. The average Bonchev–Trinajstić information content (AvgIpc) is 2.02. The van der Waals surface area contributed by atoms with Crippen LogP contribution in [0.1, 0.15) is 33.6 Å². The first-order chi connectivity index (χ1) is 6.43. The van der Waals surface area contributed by atoms with Gasteiger partial charge >= 0.3 is 5.97 Å². The molecule has 1 unspecified atom stereocenters. The van der Waals surface area contributed by atoms with Crippen molar-refractivity contribution in [3.8, 4) is 0 Å². The Bertz CT molecular complexity index is 247. The third kappa shape index (κ3) is 6.43. The molecule has 0 aromatic rings. The van der Waals surface area contributed by atoms with Crippen LogP contribution < -0.4 is 0 Å². The second kappa shape index (κ2) is 6.38. The molecule has 0 aromatic carbocycles. The van der Waals surface area contributed by atoms with E-state index in [1.54, 1.807) is 0 Å². The van der Waals surface area contributed by atoms with Gasteiger partial charge in [0.05, 0.1) is 0 Å². The number of rotatable bonds is 5. The molecule has 0 rings (SSSR count). The number of hydrogen-bond donors (Lipinski definition) is 2. The van der Waals surface area contributed by atoms with Crippen molar-refractivity contribution in [3.63, 3.8) is 0 Å². The Kier molecular flexibility index (Phi) is 5.88.